The molecule has 0 saturated carbocycles. The maximum Gasteiger partial charge on any atom is 0.340 e. The van der Waals surface area contributed by atoms with E-state index in [1.165, 1.54) is 12.3 Å². The molecule has 7 heteroatoms. The lowest BCUT2D eigenvalue weighted by Gasteiger charge is -2.09. The molecule has 0 radical (unpaired) electrons. The summed E-state index contributed by atoms with van der Waals surface area (Å²) in [5, 5.41) is 0. The summed E-state index contributed by atoms with van der Waals surface area (Å²) in [5.41, 5.74) is 0.0216. The molecule has 0 amide bonds. The number of pyridine rings is 2. The van der Waals surface area contributed by atoms with Crippen molar-refractivity contribution in [2.45, 2.75) is 20.4 Å². The third kappa shape index (κ3) is 4.69. The molecule has 0 atom stereocenters. The Morgan fingerprint density at radius 2 is 1.56 bits per heavy atom. The van der Waals surface area contributed by atoms with Gasteiger partial charge in [-0.2, -0.15) is 4.57 Å². The Labute approximate surface area is 145 Å². The van der Waals surface area contributed by atoms with E-state index in [9.17, 15) is 14.4 Å². The highest BCUT2D eigenvalue weighted by atomic mass is 16.5. The van der Waals surface area contributed by atoms with Gasteiger partial charge in [0.25, 0.3) is 0 Å². The van der Waals surface area contributed by atoms with Crippen LogP contribution in [0.3, 0.4) is 0 Å². The van der Waals surface area contributed by atoms with E-state index in [1.54, 1.807) is 42.9 Å². The van der Waals surface area contributed by atoms with Gasteiger partial charge in [0.05, 0.1) is 24.3 Å². The minimum Gasteiger partial charge on any atom is -0.462 e. The second kappa shape index (κ2) is 8.68. The molecule has 0 fully saturated rings. The lowest BCUT2D eigenvalue weighted by Crippen LogP contribution is -2.37. The van der Waals surface area contributed by atoms with E-state index in [-0.39, 0.29) is 42.4 Å². The molecule has 7 nitrogen and oxygen atoms in total. The quantitative estimate of drug-likeness (QED) is 0.431. The molecule has 25 heavy (non-hydrogen) atoms. The van der Waals surface area contributed by atoms with Crippen molar-refractivity contribution in [3.63, 3.8) is 0 Å². The molecule has 0 saturated heterocycles. The summed E-state index contributed by atoms with van der Waals surface area (Å²) in [6.45, 7) is 3.68. The number of hydrogen-bond donors (Lipinski definition) is 0. The minimum absolute atomic E-state index is 0.0239. The van der Waals surface area contributed by atoms with Gasteiger partial charge in [0, 0.05) is 18.3 Å². The second-order valence-electron chi connectivity index (χ2n) is 5.03. The maximum atomic E-state index is 12.4. The van der Waals surface area contributed by atoms with Crippen LogP contribution in [-0.4, -0.2) is 35.9 Å². The van der Waals surface area contributed by atoms with Crippen LogP contribution in [0.1, 0.15) is 45.1 Å². The third-order valence-corrected chi connectivity index (χ3v) is 3.28. The highest BCUT2D eigenvalue weighted by Gasteiger charge is 2.23. The number of aromatic nitrogens is 2. The summed E-state index contributed by atoms with van der Waals surface area (Å²) in [5.74, 6) is -1.68. The molecule has 2 aromatic heterocycles. The summed E-state index contributed by atoms with van der Waals surface area (Å²) >= 11 is 0. The van der Waals surface area contributed by atoms with Crippen LogP contribution in [-0.2, 0) is 16.0 Å². The standard InChI is InChI=1S/C18H19N2O5/c1-3-24-17(22)13-10-15(19-11-14(13)18(23)25-4-2)16(21)12-20-8-6-5-7-9-20/h5-11H,3-4,12H2,1-2H3/q+1. The monoisotopic (exact) mass is 343 g/mol. The fourth-order valence-electron chi connectivity index (χ4n) is 2.14. The van der Waals surface area contributed by atoms with E-state index in [4.69, 9.17) is 9.47 Å². The van der Waals surface area contributed by atoms with Gasteiger partial charge in [0.1, 0.15) is 5.69 Å². The predicted molar refractivity (Wildman–Crippen MR) is 87.1 cm³/mol. The number of Topliss-reactive ketones (excluding diaryl/α,β-unsaturated/α-hetero) is 1. The van der Waals surface area contributed by atoms with Crippen LogP contribution >= 0.6 is 0 Å². The Morgan fingerprint density at radius 1 is 0.960 bits per heavy atom. The molecule has 0 aromatic carbocycles. The first-order chi connectivity index (χ1) is 12.1. The van der Waals surface area contributed by atoms with E-state index in [1.807, 2.05) is 6.07 Å². The Balaban J connectivity index is 2.33. The van der Waals surface area contributed by atoms with Crippen molar-refractivity contribution in [3.05, 3.63) is 59.7 Å². The minimum atomic E-state index is -0.700. The highest BCUT2D eigenvalue weighted by molar-refractivity contribution is 6.05. The third-order valence-electron chi connectivity index (χ3n) is 3.28. The number of rotatable bonds is 7. The molecular formula is C18H19N2O5+. The maximum absolute atomic E-state index is 12.4. The molecule has 0 aliphatic heterocycles. The highest BCUT2D eigenvalue weighted by Crippen LogP contribution is 2.14. The summed E-state index contributed by atoms with van der Waals surface area (Å²) in [6, 6.07) is 6.71. The van der Waals surface area contributed by atoms with Crippen molar-refractivity contribution in [1.29, 1.82) is 0 Å². The van der Waals surface area contributed by atoms with Crippen LogP contribution in [0, 0.1) is 0 Å². The number of ether oxygens (including phenoxy) is 2. The summed E-state index contributed by atoms with van der Waals surface area (Å²) in [7, 11) is 0. The number of ketones is 1. The predicted octanol–water partition coefficient (Wildman–Crippen LogP) is 1.61. The van der Waals surface area contributed by atoms with Crippen molar-refractivity contribution >= 4 is 17.7 Å². The Hall–Kier alpha value is -3.09. The van der Waals surface area contributed by atoms with Gasteiger partial charge >= 0.3 is 11.9 Å². The van der Waals surface area contributed by atoms with Crippen molar-refractivity contribution in [2.24, 2.45) is 0 Å². The SMILES string of the molecule is CCOC(=O)c1cnc(C(=O)C[n+]2ccccc2)cc1C(=O)OCC. The van der Waals surface area contributed by atoms with Crippen molar-refractivity contribution in [3.8, 4) is 0 Å². The topological polar surface area (TPSA) is 86.4 Å². The van der Waals surface area contributed by atoms with Crippen molar-refractivity contribution in [2.75, 3.05) is 13.2 Å². The first-order valence-corrected chi connectivity index (χ1v) is 7.88. The number of carbonyl (C=O) groups is 3. The van der Waals surface area contributed by atoms with E-state index >= 15 is 0 Å². The largest absolute Gasteiger partial charge is 0.462 e. The van der Waals surface area contributed by atoms with Crippen molar-refractivity contribution in [1.82, 2.24) is 4.98 Å². The van der Waals surface area contributed by atoms with Gasteiger partial charge in [-0.1, -0.05) is 6.07 Å². The van der Waals surface area contributed by atoms with Gasteiger partial charge in [-0.3, -0.25) is 9.78 Å². The average Bonchev–Trinajstić information content (AvgIpc) is 2.62. The first kappa shape index (κ1) is 18.3. The fraction of sp³-hybridized carbons (Fsp3) is 0.278. The van der Waals surface area contributed by atoms with Crippen LogP contribution in [0.25, 0.3) is 0 Å². The molecule has 2 rings (SSSR count). The number of carbonyl (C=O) groups excluding carboxylic acids is 3. The Kier molecular flexibility index (Phi) is 6.33. The summed E-state index contributed by atoms with van der Waals surface area (Å²) in [6.07, 6.45) is 4.67. The smallest absolute Gasteiger partial charge is 0.340 e. The van der Waals surface area contributed by atoms with Gasteiger partial charge in [-0.05, 0) is 19.9 Å². The van der Waals surface area contributed by atoms with Gasteiger partial charge in [0.2, 0.25) is 12.3 Å². The Bertz CT molecular complexity index is 774. The van der Waals surface area contributed by atoms with Crippen LogP contribution in [0.2, 0.25) is 0 Å². The molecule has 2 aromatic rings. The number of hydrogen-bond acceptors (Lipinski definition) is 6. The molecule has 2 heterocycles. The van der Waals surface area contributed by atoms with Crippen molar-refractivity contribution < 1.29 is 28.4 Å². The van der Waals surface area contributed by atoms with Gasteiger partial charge in [-0.25, -0.2) is 9.59 Å². The van der Waals surface area contributed by atoms with Crippen LogP contribution < -0.4 is 4.57 Å². The zero-order chi connectivity index (χ0) is 18.2. The zero-order valence-corrected chi connectivity index (χ0v) is 14.1. The van der Waals surface area contributed by atoms with E-state index in [0.717, 1.165) is 0 Å². The number of esters is 2. The van der Waals surface area contributed by atoms with Gasteiger partial charge in [0.15, 0.2) is 12.4 Å². The molecule has 0 aliphatic rings. The molecule has 0 unspecified atom stereocenters. The van der Waals surface area contributed by atoms with Crippen LogP contribution in [0.15, 0.2) is 42.9 Å². The number of nitrogens with zero attached hydrogens (tertiary/aromatic N) is 2. The first-order valence-electron chi connectivity index (χ1n) is 7.88. The van der Waals surface area contributed by atoms with Gasteiger partial charge < -0.3 is 9.47 Å². The Morgan fingerprint density at radius 3 is 2.16 bits per heavy atom. The zero-order valence-electron chi connectivity index (χ0n) is 14.1. The van der Waals surface area contributed by atoms with E-state index < -0.39 is 11.9 Å². The van der Waals surface area contributed by atoms with E-state index in [0.29, 0.717) is 0 Å². The van der Waals surface area contributed by atoms with Gasteiger partial charge in [-0.15, -0.1) is 0 Å². The van der Waals surface area contributed by atoms with Crippen LogP contribution in [0.4, 0.5) is 0 Å². The molecule has 0 aliphatic carbocycles. The molecular weight excluding hydrogens is 324 g/mol. The fourth-order valence-corrected chi connectivity index (χ4v) is 2.14. The summed E-state index contributed by atoms with van der Waals surface area (Å²) < 4.78 is 11.6. The molecule has 0 bridgehead atoms. The second-order valence-corrected chi connectivity index (χ2v) is 5.03. The van der Waals surface area contributed by atoms with Crippen LogP contribution in [0.5, 0.6) is 0 Å². The normalized spacial score (nSPS) is 10.2. The lowest BCUT2D eigenvalue weighted by molar-refractivity contribution is -0.683. The summed E-state index contributed by atoms with van der Waals surface area (Å²) in [4.78, 5) is 40.5. The lowest BCUT2D eigenvalue weighted by atomic mass is 10.1. The molecule has 0 N–H and O–H groups in total. The molecule has 0 spiro atoms. The average molecular weight is 343 g/mol. The van der Waals surface area contributed by atoms with E-state index in [2.05, 4.69) is 4.98 Å². The molecule has 130 valence electrons.